The lowest BCUT2D eigenvalue weighted by molar-refractivity contribution is 0.606. The molecular weight excluding hydrogens is 194 g/mol. The molecule has 1 heteroatoms. The smallest absolute Gasteiger partial charge is 0.0575 e. The van der Waals surface area contributed by atoms with Crippen molar-refractivity contribution >= 4 is 5.69 Å². The minimum absolute atomic E-state index is 0.00491. The van der Waals surface area contributed by atoms with Crippen LogP contribution in [0.25, 0.3) is 11.1 Å². The van der Waals surface area contributed by atoms with E-state index in [0.717, 1.165) is 0 Å². The first-order chi connectivity index (χ1) is 7.68. The largest absolute Gasteiger partial charge is 0.376 e. The first kappa shape index (κ1) is 9.46. The number of para-hydroxylation sites is 1. The van der Waals surface area contributed by atoms with E-state index < -0.39 is 0 Å². The Hall–Kier alpha value is -1.76. The van der Waals surface area contributed by atoms with Gasteiger partial charge in [-0.1, -0.05) is 42.5 Å². The van der Waals surface area contributed by atoms with Gasteiger partial charge in [0.1, 0.15) is 0 Å². The van der Waals surface area contributed by atoms with Crippen molar-refractivity contribution in [2.75, 3.05) is 5.32 Å². The molecule has 2 aromatic rings. The fourth-order valence-electron chi connectivity index (χ4n) is 2.49. The first-order valence-corrected chi connectivity index (χ1v) is 5.65. The molecule has 1 aliphatic heterocycles. The summed E-state index contributed by atoms with van der Waals surface area (Å²) >= 11 is 0. The third kappa shape index (κ3) is 1.25. The van der Waals surface area contributed by atoms with Crippen LogP contribution in [0.5, 0.6) is 0 Å². The molecule has 1 heterocycles. The Labute approximate surface area is 96.1 Å². The average molecular weight is 209 g/mol. The molecule has 0 aromatic heterocycles. The van der Waals surface area contributed by atoms with Gasteiger partial charge < -0.3 is 5.32 Å². The normalized spacial score (nSPS) is 15.9. The van der Waals surface area contributed by atoms with E-state index in [1.54, 1.807) is 0 Å². The van der Waals surface area contributed by atoms with E-state index in [4.69, 9.17) is 0 Å². The number of hydrogen-bond donors (Lipinski definition) is 1. The van der Waals surface area contributed by atoms with Crippen LogP contribution in [0, 0.1) is 0 Å². The van der Waals surface area contributed by atoms with Gasteiger partial charge in [-0.3, -0.25) is 0 Å². The van der Waals surface area contributed by atoms with Crippen molar-refractivity contribution in [2.24, 2.45) is 0 Å². The molecule has 0 fully saturated rings. The maximum absolute atomic E-state index is 3.59. The number of benzene rings is 2. The highest BCUT2D eigenvalue weighted by atomic mass is 15.0. The molecule has 3 rings (SSSR count). The van der Waals surface area contributed by atoms with Crippen molar-refractivity contribution in [2.45, 2.75) is 19.4 Å². The van der Waals surface area contributed by atoms with Gasteiger partial charge in [-0.15, -0.1) is 0 Å². The number of nitrogens with one attached hydrogen (secondary N) is 1. The predicted molar refractivity (Wildman–Crippen MR) is 68.5 cm³/mol. The van der Waals surface area contributed by atoms with Gasteiger partial charge in [-0.05, 0) is 31.0 Å². The van der Waals surface area contributed by atoms with Gasteiger partial charge in [-0.25, -0.2) is 0 Å². The van der Waals surface area contributed by atoms with Gasteiger partial charge in [0.2, 0.25) is 0 Å². The van der Waals surface area contributed by atoms with E-state index in [0.29, 0.717) is 0 Å². The fourth-order valence-corrected chi connectivity index (χ4v) is 2.49. The minimum Gasteiger partial charge on any atom is -0.376 e. The molecule has 0 bridgehead atoms. The van der Waals surface area contributed by atoms with Crippen LogP contribution in [-0.4, -0.2) is 0 Å². The molecule has 80 valence electrons. The average Bonchev–Trinajstić information content (AvgIpc) is 2.29. The Kier molecular flexibility index (Phi) is 1.84. The summed E-state index contributed by atoms with van der Waals surface area (Å²) in [5.41, 5.74) is 5.25. The van der Waals surface area contributed by atoms with E-state index in [-0.39, 0.29) is 5.54 Å². The maximum Gasteiger partial charge on any atom is 0.0575 e. The van der Waals surface area contributed by atoms with Crippen LogP contribution in [0.2, 0.25) is 0 Å². The Morgan fingerprint density at radius 2 is 1.44 bits per heavy atom. The molecule has 0 unspecified atom stereocenters. The van der Waals surface area contributed by atoms with Crippen LogP contribution in [0.3, 0.4) is 0 Å². The predicted octanol–water partition coefficient (Wildman–Crippen LogP) is 4.01. The molecule has 0 spiro atoms. The summed E-state index contributed by atoms with van der Waals surface area (Å²) < 4.78 is 0. The van der Waals surface area contributed by atoms with Crippen molar-refractivity contribution in [1.82, 2.24) is 0 Å². The molecule has 1 nitrogen and oxygen atoms in total. The zero-order valence-electron chi connectivity index (χ0n) is 9.62. The summed E-state index contributed by atoms with van der Waals surface area (Å²) in [5, 5.41) is 3.59. The Morgan fingerprint density at radius 1 is 0.812 bits per heavy atom. The SMILES string of the molecule is CC1(C)Nc2ccccc2-c2ccccc21. The molecule has 0 radical (unpaired) electrons. The lowest BCUT2D eigenvalue weighted by atomic mass is 9.82. The molecule has 2 aromatic carbocycles. The summed E-state index contributed by atoms with van der Waals surface area (Å²) in [5.74, 6) is 0. The molecule has 0 saturated heterocycles. The van der Waals surface area contributed by atoms with Crippen molar-refractivity contribution in [3.05, 3.63) is 54.1 Å². The lowest BCUT2D eigenvalue weighted by Crippen LogP contribution is -2.31. The first-order valence-electron chi connectivity index (χ1n) is 5.65. The molecule has 0 saturated carbocycles. The highest BCUT2D eigenvalue weighted by Crippen LogP contribution is 2.42. The second-order valence-electron chi connectivity index (χ2n) is 4.84. The van der Waals surface area contributed by atoms with E-state index >= 15 is 0 Å². The fraction of sp³-hybridized carbons (Fsp3) is 0.200. The van der Waals surface area contributed by atoms with E-state index in [1.807, 2.05) is 0 Å². The standard InChI is InChI=1S/C15H15N/c1-15(2)13-9-5-3-7-11(13)12-8-4-6-10-14(12)16-15/h3-10,16H,1-2H3. The molecular formula is C15H15N. The van der Waals surface area contributed by atoms with Crippen LogP contribution in [0.1, 0.15) is 19.4 Å². The summed E-state index contributed by atoms with van der Waals surface area (Å²) in [6.07, 6.45) is 0. The van der Waals surface area contributed by atoms with Crippen LogP contribution in [-0.2, 0) is 5.54 Å². The van der Waals surface area contributed by atoms with Crippen LogP contribution < -0.4 is 5.32 Å². The number of anilines is 1. The Bertz CT molecular complexity index is 541. The van der Waals surface area contributed by atoms with Gasteiger partial charge in [0.25, 0.3) is 0 Å². The molecule has 0 aliphatic carbocycles. The molecule has 16 heavy (non-hydrogen) atoms. The van der Waals surface area contributed by atoms with Gasteiger partial charge in [0, 0.05) is 11.3 Å². The minimum atomic E-state index is 0.00491. The van der Waals surface area contributed by atoms with Crippen molar-refractivity contribution in [1.29, 1.82) is 0 Å². The van der Waals surface area contributed by atoms with Gasteiger partial charge in [0.15, 0.2) is 0 Å². The summed E-state index contributed by atoms with van der Waals surface area (Å²) in [7, 11) is 0. The second kappa shape index (κ2) is 3.11. The lowest BCUT2D eigenvalue weighted by Gasteiger charge is -2.36. The summed E-state index contributed by atoms with van der Waals surface area (Å²) in [6.45, 7) is 4.45. The molecule has 1 aliphatic rings. The second-order valence-corrected chi connectivity index (χ2v) is 4.84. The van der Waals surface area contributed by atoms with Crippen molar-refractivity contribution < 1.29 is 0 Å². The molecule has 0 amide bonds. The highest BCUT2D eigenvalue weighted by Gasteiger charge is 2.29. The number of fused-ring (bicyclic) bond motifs is 3. The van der Waals surface area contributed by atoms with Gasteiger partial charge >= 0.3 is 0 Å². The third-order valence-corrected chi connectivity index (χ3v) is 3.26. The Balaban J connectivity index is 2.33. The zero-order chi connectivity index (χ0) is 11.2. The molecule has 0 atom stereocenters. The van der Waals surface area contributed by atoms with Crippen LogP contribution >= 0.6 is 0 Å². The third-order valence-electron chi connectivity index (χ3n) is 3.26. The highest BCUT2D eigenvalue weighted by molar-refractivity contribution is 5.84. The van der Waals surface area contributed by atoms with E-state index in [9.17, 15) is 0 Å². The van der Waals surface area contributed by atoms with E-state index in [2.05, 4.69) is 67.7 Å². The van der Waals surface area contributed by atoms with Gasteiger partial charge in [0.05, 0.1) is 5.54 Å². The van der Waals surface area contributed by atoms with Crippen molar-refractivity contribution in [3.8, 4) is 11.1 Å². The van der Waals surface area contributed by atoms with Crippen LogP contribution in [0.4, 0.5) is 5.69 Å². The number of rotatable bonds is 0. The maximum atomic E-state index is 3.59. The van der Waals surface area contributed by atoms with Gasteiger partial charge in [-0.2, -0.15) is 0 Å². The number of hydrogen-bond acceptors (Lipinski definition) is 1. The monoisotopic (exact) mass is 209 g/mol. The topological polar surface area (TPSA) is 12.0 Å². The quantitative estimate of drug-likeness (QED) is 0.691. The van der Waals surface area contributed by atoms with Crippen LogP contribution in [0.15, 0.2) is 48.5 Å². The summed E-state index contributed by atoms with van der Waals surface area (Å²) in [6, 6.07) is 17.1. The summed E-state index contributed by atoms with van der Waals surface area (Å²) in [4.78, 5) is 0. The molecule has 1 N–H and O–H groups in total. The Morgan fingerprint density at radius 3 is 2.25 bits per heavy atom. The van der Waals surface area contributed by atoms with E-state index in [1.165, 1.54) is 22.4 Å². The zero-order valence-corrected chi connectivity index (χ0v) is 9.62. The van der Waals surface area contributed by atoms with Crippen molar-refractivity contribution in [3.63, 3.8) is 0 Å².